The topological polar surface area (TPSA) is 50.3 Å². The molecule has 1 fully saturated rings. The molecule has 0 amide bonds. The summed E-state index contributed by atoms with van der Waals surface area (Å²) in [5.74, 6) is -2.66. The van der Waals surface area contributed by atoms with Crippen molar-refractivity contribution in [2.45, 2.75) is 35.1 Å². The lowest BCUT2D eigenvalue weighted by atomic mass is 10.0. The highest BCUT2D eigenvalue weighted by Crippen LogP contribution is 2.30. The molecule has 29 heavy (non-hydrogen) atoms. The van der Waals surface area contributed by atoms with Gasteiger partial charge >= 0.3 is 0 Å². The first-order valence-corrected chi connectivity index (χ1v) is 11.5. The highest BCUT2D eigenvalue weighted by atomic mass is 79.9. The Morgan fingerprint density at radius 2 is 1.86 bits per heavy atom. The van der Waals surface area contributed by atoms with Crippen molar-refractivity contribution >= 4 is 36.7 Å². The van der Waals surface area contributed by atoms with Gasteiger partial charge in [0, 0.05) is 29.0 Å². The van der Waals surface area contributed by atoms with Crippen molar-refractivity contribution < 1.29 is 17.2 Å². The Labute approximate surface area is 176 Å². The van der Waals surface area contributed by atoms with Gasteiger partial charge in [-0.05, 0) is 48.9 Å². The lowest BCUT2D eigenvalue weighted by Gasteiger charge is -2.32. The fourth-order valence-electron chi connectivity index (χ4n) is 3.65. The van der Waals surface area contributed by atoms with Crippen molar-refractivity contribution in [3.05, 3.63) is 64.8 Å². The third-order valence-electron chi connectivity index (χ3n) is 5.07. The molecule has 8 heteroatoms. The van der Waals surface area contributed by atoms with Crippen LogP contribution in [0.25, 0.3) is 10.9 Å². The second-order valence-electron chi connectivity index (χ2n) is 7.29. The number of alkyl halides is 2. The summed E-state index contributed by atoms with van der Waals surface area (Å²) in [4.78, 5) is 6.41. The van der Waals surface area contributed by atoms with E-state index in [1.807, 2.05) is 6.07 Å². The summed E-state index contributed by atoms with van der Waals surface area (Å²) < 4.78 is 54.1. The number of halogens is 3. The maximum atomic E-state index is 13.7. The van der Waals surface area contributed by atoms with Crippen LogP contribution in [0.15, 0.2) is 69.0 Å². The van der Waals surface area contributed by atoms with E-state index in [-0.39, 0.29) is 22.8 Å². The van der Waals surface area contributed by atoms with Crippen molar-refractivity contribution in [1.82, 2.24) is 9.88 Å². The first-order valence-electron chi connectivity index (χ1n) is 9.23. The van der Waals surface area contributed by atoms with Crippen molar-refractivity contribution in [3.63, 3.8) is 0 Å². The number of hydrogen-bond donors (Lipinski definition) is 0. The van der Waals surface area contributed by atoms with Gasteiger partial charge in [0.2, 0.25) is 9.84 Å². The molecule has 0 bridgehead atoms. The minimum Gasteiger partial charge on any atom is -0.293 e. The molecule has 0 atom stereocenters. The molecule has 0 spiro atoms. The molecule has 152 valence electrons. The zero-order valence-electron chi connectivity index (χ0n) is 15.5. The standard InChI is InChI=1S/C21H19BrF2N2O2S/c22-17-5-7-18(8-6-17)29(27,28)19-11-15-3-1-4-16(20(15)25-12-19)13-26-10-2-9-21(23,24)14-26/h1,3-8,11-12H,2,9-10,13-14H2. The maximum absolute atomic E-state index is 13.7. The fourth-order valence-corrected chi connectivity index (χ4v) is 5.16. The quantitative estimate of drug-likeness (QED) is 0.523. The molecule has 4 nitrogen and oxygen atoms in total. The Morgan fingerprint density at radius 1 is 1.10 bits per heavy atom. The van der Waals surface area contributed by atoms with Crippen LogP contribution in [0.1, 0.15) is 18.4 Å². The van der Waals surface area contributed by atoms with E-state index >= 15 is 0 Å². The smallest absolute Gasteiger partial charge is 0.260 e. The summed E-state index contributed by atoms with van der Waals surface area (Å²) in [5, 5.41) is 0.671. The molecule has 1 aromatic heterocycles. The summed E-state index contributed by atoms with van der Waals surface area (Å²) in [7, 11) is -3.70. The Bertz CT molecular complexity index is 1150. The van der Waals surface area contributed by atoms with Gasteiger partial charge in [-0.25, -0.2) is 17.2 Å². The van der Waals surface area contributed by atoms with E-state index in [9.17, 15) is 17.2 Å². The molecular weight excluding hydrogens is 462 g/mol. The molecule has 2 aromatic carbocycles. The number of piperidine rings is 1. The second kappa shape index (κ2) is 7.74. The minimum absolute atomic E-state index is 0.0748. The number of nitrogens with zero attached hydrogens (tertiary/aromatic N) is 2. The normalized spacial score (nSPS) is 17.5. The van der Waals surface area contributed by atoms with E-state index in [0.29, 0.717) is 30.4 Å². The van der Waals surface area contributed by atoms with Gasteiger partial charge in [-0.3, -0.25) is 9.88 Å². The van der Waals surface area contributed by atoms with Crippen molar-refractivity contribution in [2.24, 2.45) is 0 Å². The van der Waals surface area contributed by atoms with Gasteiger partial charge in [0.05, 0.1) is 21.9 Å². The number of para-hydroxylation sites is 1. The second-order valence-corrected chi connectivity index (χ2v) is 10.2. The summed E-state index contributed by atoms with van der Waals surface area (Å²) in [6, 6.07) is 13.5. The van der Waals surface area contributed by atoms with E-state index in [2.05, 4.69) is 20.9 Å². The molecule has 0 N–H and O–H groups in total. The number of likely N-dealkylation sites (tertiary alicyclic amines) is 1. The lowest BCUT2D eigenvalue weighted by Crippen LogP contribution is -2.42. The van der Waals surface area contributed by atoms with Crippen molar-refractivity contribution in [2.75, 3.05) is 13.1 Å². The molecule has 0 aliphatic carbocycles. The van der Waals surface area contributed by atoms with Crippen LogP contribution in [-0.4, -0.2) is 37.3 Å². The summed E-state index contributed by atoms with van der Waals surface area (Å²) in [6.45, 7) is 0.708. The number of sulfone groups is 1. The van der Waals surface area contributed by atoms with Gasteiger partial charge in [-0.1, -0.05) is 34.1 Å². The van der Waals surface area contributed by atoms with E-state index < -0.39 is 15.8 Å². The van der Waals surface area contributed by atoms with Crippen LogP contribution in [0.2, 0.25) is 0 Å². The predicted octanol–water partition coefficient (Wildman–Crippen LogP) is 5.06. The van der Waals surface area contributed by atoms with Gasteiger partial charge in [0.15, 0.2) is 0 Å². The molecule has 1 aliphatic heterocycles. The molecule has 1 aliphatic rings. The molecule has 3 aromatic rings. The van der Waals surface area contributed by atoms with E-state index in [1.54, 1.807) is 35.2 Å². The van der Waals surface area contributed by atoms with Gasteiger partial charge in [-0.2, -0.15) is 0 Å². The minimum atomic E-state index is -3.70. The lowest BCUT2D eigenvalue weighted by molar-refractivity contribution is -0.0660. The van der Waals surface area contributed by atoms with Crippen LogP contribution in [0, 0.1) is 0 Å². The number of pyridine rings is 1. The Kier molecular flexibility index (Phi) is 5.44. The predicted molar refractivity (Wildman–Crippen MR) is 111 cm³/mol. The summed E-state index contributed by atoms with van der Waals surface area (Å²) >= 11 is 3.30. The Morgan fingerprint density at radius 3 is 2.59 bits per heavy atom. The third kappa shape index (κ3) is 4.34. The first kappa shape index (κ1) is 20.4. The average molecular weight is 481 g/mol. The summed E-state index contributed by atoms with van der Waals surface area (Å²) in [5.41, 5.74) is 1.45. The number of benzene rings is 2. The fraction of sp³-hybridized carbons (Fsp3) is 0.286. The van der Waals surface area contributed by atoms with Gasteiger partial charge in [-0.15, -0.1) is 0 Å². The Balaban J connectivity index is 1.66. The van der Waals surface area contributed by atoms with Crippen LogP contribution >= 0.6 is 15.9 Å². The number of hydrogen-bond acceptors (Lipinski definition) is 4. The van der Waals surface area contributed by atoms with Crippen molar-refractivity contribution in [1.29, 1.82) is 0 Å². The van der Waals surface area contributed by atoms with Gasteiger partial charge in [0.25, 0.3) is 5.92 Å². The molecule has 4 rings (SSSR count). The number of fused-ring (bicyclic) bond motifs is 1. The molecule has 0 saturated carbocycles. The maximum Gasteiger partial charge on any atom is 0.260 e. The molecule has 0 unspecified atom stereocenters. The SMILES string of the molecule is O=S(=O)(c1ccc(Br)cc1)c1cnc2c(CN3CCCC(F)(F)C3)cccc2c1. The molecule has 2 heterocycles. The zero-order chi connectivity index (χ0) is 20.6. The number of rotatable bonds is 4. The molecule has 0 radical (unpaired) electrons. The zero-order valence-corrected chi connectivity index (χ0v) is 17.9. The number of aromatic nitrogens is 1. The van der Waals surface area contributed by atoms with E-state index in [4.69, 9.17) is 0 Å². The van der Waals surface area contributed by atoms with Crippen LogP contribution in [0.4, 0.5) is 8.78 Å². The molecule has 1 saturated heterocycles. The highest BCUT2D eigenvalue weighted by molar-refractivity contribution is 9.10. The monoisotopic (exact) mass is 480 g/mol. The van der Waals surface area contributed by atoms with Crippen molar-refractivity contribution in [3.8, 4) is 0 Å². The van der Waals surface area contributed by atoms with E-state index in [0.717, 1.165) is 10.0 Å². The average Bonchev–Trinajstić information content (AvgIpc) is 2.67. The van der Waals surface area contributed by atoms with Gasteiger partial charge < -0.3 is 0 Å². The van der Waals surface area contributed by atoms with Crippen LogP contribution in [-0.2, 0) is 16.4 Å². The van der Waals surface area contributed by atoms with Crippen LogP contribution in [0.3, 0.4) is 0 Å². The van der Waals surface area contributed by atoms with Crippen LogP contribution < -0.4 is 0 Å². The van der Waals surface area contributed by atoms with Gasteiger partial charge in [0.1, 0.15) is 0 Å². The van der Waals surface area contributed by atoms with Crippen LogP contribution in [0.5, 0.6) is 0 Å². The first-order chi connectivity index (χ1) is 13.7. The Hall–Kier alpha value is -1.90. The summed E-state index contributed by atoms with van der Waals surface area (Å²) in [6.07, 6.45) is 1.73. The molecular formula is C21H19BrF2N2O2S. The highest BCUT2D eigenvalue weighted by Gasteiger charge is 2.35. The largest absolute Gasteiger partial charge is 0.293 e. The third-order valence-corrected chi connectivity index (χ3v) is 7.33. The van der Waals surface area contributed by atoms with E-state index in [1.165, 1.54) is 18.3 Å².